The van der Waals surface area contributed by atoms with Crippen LogP contribution in [0.1, 0.15) is 12.8 Å². The predicted molar refractivity (Wildman–Crippen MR) is 39.4 cm³/mol. The van der Waals surface area contributed by atoms with E-state index < -0.39 is 36.3 Å². The first-order valence-electron chi connectivity index (χ1n) is 3.42. The molecule has 0 aromatic rings. The van der Waals surface area contributed by atoms with Gasteiger partial charge in [0.05, 0.1) is 12.8 Å². The van der Waals surface area contributed by atoms with Crippen LogP contribution < -0.4 is 5.48 Å². The van der Waals surface area contributed by atoms with Gasteiger partial charge in [-0.15, -0.1) is 0 Å². The molecule has 0 aromatic heterocycles. The van der Waals surface area contributed by atoms with Gasteiger partial charge < -0.3 is 15.3 Å². The Hall–Kier alpha value is -1.67. The summed E-state index contributed by atoms with van der Waals surface area (Å²) >= 11 is 0. The number of hydrogen-bond donors (Lipinski definition) is 5. The molecule has 0 aliphatic heterocycles. The number of amides is 1. The predicted octanol–water partition coefficient (Wildman–Crippen LogP) is -1.83. The highest BCUT2D eigenvalue weighted by Crippen LogP contribution is 2.15. The summed E-state index contributed by atoms with van der Waals surface area (Å²) in [5, 5.41) is 34.0. The van der Waals surface area contributed by atoms with Crippen molar-refractivity contribution in [3.8, 4) is 0 Å². The Morgan fingerprint density at radius 3 is 1.93 bits per heavy atom. The van der Waals surface area contributed by atoms with Crippen LogP contribution in [0, 0.1) is 0 Å². The molecule has 0 saturated carbocycles. The van der Waals surface area contributed by atoms with E-state index in [-0.39, 0.29) is 0 Å². The smallest absolute Gasteiger partial charge is 0.336 e. The molecule has 0 fully saturated rings. The minimum Gasteiger partial charge on any atom is -0.481 e. The molecule has 0 aliphatic rings. The zero-order valence-corrected chi connectivity index (χ0v) is 6.93. The van der Waals surface area contributed by atoms with E-state index in [9.17, 15) is 19.5 Å². The second-order valence-electron chi connectivity index (χ2n) is 2.62. The SMILES string of the molecule is O=C(O)CC(O)(CC(=O)NO)C(=O)O. The average molecular weight is 207 g/mol. The van der Waals surface area contributed by atoms with Gasteiger partial charge in [0.15, 0.2) is 5.60 Å². The molecule has 80 valence electrons. The van der Waals surface area contributed by atoms with Crippen LogP contribution in [0.4, 0.5) is 0 Å². The third kappa shape index (κ3) is 3.37. The number of carbonyl (C=O) groups excluding carboxylic acids is 1. The summed E-state index contributed by atoms with van der Waals surface area (Å²) in [6.07, 6.45) is -2.17. The van der Waals surface area contributed by atoms with Gasteiger partial charge in [0.2, 0.25) is 5.91 Å². The number of aliphatic hydroxyl groups is 1. The zero-order valence-electron chi connectivity index (χ0n) is 6.93. The summed E-state index contributed by atoms with van der Waals surface area (Å²) < 4.78 is 0. The molecule has 8 heteroatoms. The van der Waals surface area contributed by atoms with Gasteiger partial charge in [-0.05, 0) is 0 Å². The highest BCUT2D eigenvalue weighted by molar-refractivity contribution is 5.89. The molecule has 14 heavy (non-hydrogen) atoms. The number of rotatable bonds is 5. The topological polar surface area (TPSA) is 144 Å². The lowest BCUT2D eigenvalue weighted by Crippen LogP contribution is -2.44. The van der Waals surface area contributed by atoms with Crippen LogP contribution in [-0.4, -0.2) is 44.0 Å². The highest BCUT2D eigenvalue weighted by atomic mass is 16.5. The molecule has 0 saturated heterocycles. The minimum atomic E-state index is -2.71. The number of carbonyl (C=O) groups is 3. The zero-order chi connectivity index (χ0) is 11.4. The molecule has 0 heterocycles. The summed E-state index contributed by atoms with van der Waals surface area (Å²) in [6.45, 7) is 0. The van der Waals surface area contributed by atoms with Crippen molar-refractivity contribution in [1.29, 1.82) is 0 Å². The molecule has 1 atom stereocenters. The van der Waals surface area contributed by atoms with Gasteiger partial charge in [-0.25, -0.2) is 10.3 Å². The number of hydrogen-bond acceptors (Lipinski definition) is 5. The van der Waals surface area contributed by atoms with Gasteiger partial charge in [0.25, 0.3) is 0 Å². The number of carboxylic acids is 2. The van der Waals surface area contributed by atoms with E-state index in [1.807, 2.05) is 0 Å². The molecular formula is C6H9NO7. The molecule has 1 amide bonds. The van der Waals surface area contributed by atoms with Gasteiger partial charge in [-0.2, -0.15) is 0 Å². The van der Waals surface area contributed by atoms with Crippen LogP contribution >= 0.6 is 0 Å². The maximum Gasteiger partial charge on any atom is 0.336 e. The first-order chi connectivity index (χ1) is 6.31. The number of hydroxylamine groups is 1. The van der Waals surface area contributed by atoms with Crippen molar-refractivity contribution in [2.45, 2.75) is 18.4 Å². The van der Waals surface area contributed by atoms with Crippen LogP contribution in [0.3, 0.4) is 0 Å². The Kier molecular flexibility index (Phi) is 3.99. The van der Waals surface area contributed by atoms with Gasteiger partial charge in [-0.1, -0.05) is 0 Å². The lowest BCUT2D eigenvalue weighted by atomic mass is 9.95. The maximum atomic E-state index is 10.5. The van der Waals surface area contributed by atoms with E-state index in [1.165, 1.54) is 0 Å². The van der Waals surface area contributed by atoms with E-state index in [0.717, 1.165) is 5.48 Å². The van der Waals surface area contributed by atoms with E-state index in [0.29, 0.717) is 0 Å². The molecule has 8 nitrogen and oxygen atoms in total. The van der Waals surface area contributed by atoms with Gasteiger partial charge in [0.1, 0.15) is 0 Å². The standard InChI is InChI=1S/C6H9NO7/c8-3(7-14)1-6(13,5(11)12)2-4(9)10/h13-14H,1-2H2,(H,7,8)(H,9,10)(H,11,12). The number of carboxylic acid groups (broad SMARTS) is 2. The second-order valence-corrected chi connectivity index (χ2v) is 2.62. The maximum absolute atomic E-state index is 10.5. The molecular weight excluding hydrogens is 198 g/mol. The van der Waals surface area contributed by atoms with Crippen molar-refractivity contribution < 1.29 is 34.9 Å². The van der Waals surface area contributed by atoms with Crippen molar-refractivity contribution in [2.75, 3.05) is 0 Å². The Morgan fingerprint density at radius 2 is 1.64 bits per heavy atom. The first kappa shape index (κ1) is 12.3. The van der Waals surface area contributed by atoms with Gasteiger partial charge in [-0.3, -0.25) is 14.8 Å². The monoisotopic (exact) mass is 207 g/mol. The lowest BCUT2D eigenvalue weighted by molar-refractivity contribution is -0.168. The molecule has 0 aromatic carbocycles. The number of nitrogens with one attached hydrogen (secondary N) is 1. The third-order valence-corrected chi connectivity index (χ3v) is 1.42. The summed E-state index contributed by atoms with van der Waals surface area (Å²) in [7, 11) is 0. The molecule has 0 aliphatic carbocycles. The van der Waals surface area contributed by atoms with Crippen LogP contribution in [0.2, 0.25) is 0 Å². The Bertz CT molecular complexity index is 263. The highest BCUT2D eigenvalue weighted by Gasteiger charge is 2.40. The van der Waals surface area contributed by atoms with Gasteiger partial charge >= 0.3 is 11.9 Å². The summed E-state index contributed by atoms with van der Waals surface area (Å²) in [4.78, 5) is 31.1. The molecule has 1 unspecified atom stereocenters. The molecule has 5 N–H and O–H groups in total. The normalized spacial score (nSPS) is 14.1. The average Bonchev–Trinajstić information content (AvgIpc) is 2.02. The third-order valence-electron chi connectivity index (χ3n) is 1.42. The van der Waals surface area contributed by atoms with Crippen LogP contribution in [0.25, 0.3) is 0 Å². The fourth-order valence-electron chi connectivity index (χ4n) is 0.769. The Morgan fingerprint density at radius 1 is 1.14 bits per heavy atom. The fraction of sp³-hybridized carbons (Fsp3) is 0.500. The van der Waals surface area contributed by atoms with Crippen molar-refractivity contribution in [2.24, 2.45) is 0 Å². The summed E-state index contributed by atoms with van der Waals surface area (Å²) in [6, 6.07) is 0. The lowest BCUT2D eigenvalue weighted by Gasteiger charge is -2.19. The van der Waals surface area contributed by atoms with E-state index in [4.69, 9.17) is 15.4 Å². The Balaban J connectivity index is 4.63. The second kappa shape index (κ2) is 4.53. The molecule has 0 rings (SSSR count). The molecule has 0 bridgehead atoms. The number of aliphatic carboxylic acids is 2. The van der Waals surface area contributed by atoms with E-state index >= 15 is 0 Å². The van der Waals surface area contributed by atoms with Crippen molar-refractivity contribution >= 4 is 17.8 Å². The quantitative estimate of drug-likeness (QED) is 0.263. The van der Waals surface area contributed by atoms with Crippen molar-refractivity contribution in [3.05, 3.63) is 0 Å². The van der Waals surface area contributed by atoms with Crippen LogP contribution in [0.15, 0.2) is 0 Å². The fourth-order valence-corrected chi connectivity index (χ4v) is 0.769. The minimum absolute atomic E-state index is 1.04. The summed E-state index contributed by atoms with van der Waals surface area (Å²) in [5.74, 6) is -4.60. The largest absolute Gasteiger partial charge is 0.481 e. The van der Waals surface area contributed by atoms with Gasteiger partial charge in [0, 0.05) is 0 Å². The van der Waals surface area contributed by atoms with E-state index in [2.05, 4.69) is 0 Å². The van der Waals surface area contributed by atoms with E-state index in [1.54, 1.807) is 0 Å². The first-order valence-corrected chi connectivity index (χ1v) is 3.42. The molecule has 0 radical (unpaired) electrons. The van der Waals surface area contributed by atoms with Crippen molar-refractivity contribution in [3.63, 3.8) is 0 Å². The Labute approximate surface area is 77.7 Å². The van der Waals surface area contributed by atoms with Crippen molar-refractivity contribution in [1.82, 2.24) is 5.48 Å². The molecule has 0 spiro atoms. The van der Waals surface area contributed by atoms with Crippen LogP contribution in [0.5, 0.6) is 0 Å². The summed E-state index contributed by atoms with van der Waals surface area (Å²) in [5.41, 5.74) is -1.62. The van der Waals surface area contributed by atoms with Crippen LogP contribution in [-0.2, 0) is 14.4 Å².